The number of nitrogens with zero attached hydrogens (tertiary/aromatic N) is 1. The van der Waals surface area contributed by atoms with E-state index in [0.29, 0.717) is 5.92 Å². The normalized spacial score (nSPS) is 14.3. The van der Waals surface area contributed by atoms with Crippen LogP contribution in [0.1, 0.15) is 41.0 Å². The summed E-state index contributed by atoms with van der Waals surface area (Å²) in [5, 5.41) is 0. The molecule has 0 radical (unpaired) electrons. The van der Waals surface area contributed by atoms with Crippen LogP contribution in [-0.2, 0) is 4.79 Å². The van der Waals surface area contributed by atoms with E-state index in [1.165, 1.54) is 0 Å². The van der Waals surface area contributed by atoms with Gasteiger partial charge >= 0.3 is 0 Å². The predicted octanol–water partition coefficient (Wildman–Crippen LogP) is 2.78. The van der Waals surface area contributed by atoms with Gasteiger partial charge in [-0.3, -0.25) is 4.79 Å². The highest BCUT2D eigenvalue weighted by Gasteiger charge is 2.28. The van der Waals surface area contributed by atoms with Crippen molar-refractivity contribution in [1.82, 2.24) is 4.90 Å². The SMILES string of the molecule is CC(C)C(CC(C)(C)C)C(=O)N(C)C. The van der Waals surface area contributed by atoms with E-state index in [1.807, 2.05) is 14.1 Å². The van der Waals surface area contributed by atoms with Gasteiger partial charge in [-0.2, -0.15) is 0 Å². The lowest BCUT2D eigenvalue weighted by Gasteiger charge is -2.29. The van der Waals surface area contributed by atoms with Crippen molar-refractivity contribution in [2.45, 2.75) is 41.0 Å². The molecule has 0 aliphatic heterocycles. The topological polar surface area (TPSA) is 20.3 Å². The molecule has 0 aromatic rings. The molecule has 1 amide bonds. The molecule has 1 atom stereocenters. The summed E-state index contributed by atoms with van der Waals surface area (Å²) in [5.41, 5.74) is 0.223. The fourth-order valence-electron chi connectivity index (χ4n) is 1.60. The lowest BCUT2D eigenvalue weighted by atomic mass is 9.79. The highest BCUT2D eigenvalue weighted by Crippen LogP contribution is 2.29. The lowest BCUT2D eigenvalue weighted by Crippen LogP contribution is -2.35. The van der Waals surface area contributed by atoms with Gasteiger partial charge in [-0.25, -0.2) is 0 Å². The maximum absolute atomic E-state index is 11.9. The summed E-state index contributed by atoms with van der Waals surface area (Å²) in [6, 6.07) is 0. The Kier molecular flexibility index (Phi) is 4.63. The third-order valence-corrected chi connectivity index (χ3v) is 2.39. The first-order valence-electron chi connectivity index (χ1n) is 5.36. The average Bonchev–Trinajstić information content (AvgIpc) is 1.96. The molecule has 0 fully saturated rings. The van der Waals surface area contributed by atoms with Gasteiger partial charge in [0.15, 0.2) is 0 Å². The van der Waals surface area contributed by atoms with E-state index in [4.69, 9.17) is 0 Å². The van der Waals surface area contributed by atoms with Crippen molar-refractivity contribution in [3.05, 3.63) is 0 Å². The number of hydrogen-bond donors (Lipinski definition) is 0. The lowest BCUT2D eigenvalue weighted by molar-refractivity contribution is -0.135. The van der Waals surface area contributed by atoms with E-state index in [1.54, 1.807) is 4.90 Å². The second kappa shape index (κ2) is 4.81. The fraction of sp³-hybridized carbons (Fsp3) is 0.917. The minimum Gasteiger partial charge on any atom is -0.349 e. The van der Waals surface area contributed by atoms with Gasteiger partial charge in [-0.1, -0.05) is 34.6 Å². The molecule has 1 unspecified atom stereocenters. The molecule has 0 bridgehead atoms. The molecule has 0 saturated heterocycles. The average molecular weight is 199 g/mol. The number of carbonyl (C=O) groups is 1. The van der Waals surface area contributed by atoms with Crippen molar-refractivity contribution in [3.63, 3.8) is 0 Å². The Balaban J connectivity index is 4.54. The van der Waals surface area contributed by atoms with Gasteiger partial charge in [-0.15, -0.1) is 0 Å². The molecule has 0 N–H and O–H groups in total. The number of carbonyl (C=O) groups excluding carboxylic acids is 1. The molecule has 0 spiro atoms. The minimum atomic E-state index is 0.157. The summed E-state index contributed by atoms with van der Waals surface area (Å²) in [5.74, 6) is 0.837. The van der Waals surface area contributed by atoms with E-state index >= 15 is 0 Å². The maximum atomic E-state index is 11.9. The Morgan fingerprint density at radius 3 is 1.86 bits per heavy atom. The molecule has 0 rings (SSSR count). The zero-order valence-corrected chi connectivity index (χ0v) is 10.7. The summed E-state index contributed by atoms with van der Waals surface area (Å²) in [4.78, 5) is 13.6. The molecule has 0 aromatic carbocycles. The second-order valence-electron chi connectivity index (χ2n) is 5.85. The van der Waals surface area contributed by atoms with Gasteiger partial charge in [-0.05, 0) is 17.8 Å². The maximum Gasteiger partial charge on any atom is 0.225 e. The van der Waals surface area contributed by atoms with Crippen LogP contribution in [0.5, 0.6) is 0 Å². The van der Waals surface area contributed by atoms with Crippen LogP contribution >= 0.6 is 0 Å². The van der Waals surface area contributed by atoms with Crippen molar-refractivity contribution in [2.24, 2.45) is 17.3 Å². The number of hydrogen-bond acceptors (Lipinski definition) is 1. The van der Waals surface area contributed by atoms with Gasteiger partial charge in [0.2, 0.25) is 5.91 Å². The van der Waals surface area contributed by atoms with Crippen LogP contribution < -0.4 is 0 Å². The summed E-state index contributed by atoms with van der Waals surface area (Å²) in [6.07, 6.45) is 0.960. The standard InChI is InChI=1S/C12H25NO/c1-9(2)10(8-12(3,4)5)11(14)13(6)7/h9-10H,8H2,1-7H3. The van der Waals surface area contributed by atoms with Crippen LogP contribution in [0, 0.1) is 17.3 Å². The first-order chi connectivity index (χ1) is 6.15. The van der Waals surface area contributed by atoms with Gasteiger partial charge in [0, 0.05) is 20.0 Å². The fourth-order valence-corrected chi connectivity index (χ4v) is 1.60. The van der Waals surface area contributed by atoms with Crippen molar-refractivity contribution in [3.8, 4) is 0 Å². The van der Waals surface area contributed by atoms with Crippen LogP contribution in [0.3, 0.4) is 0 Å². The van der Waals surface area contributed by atoms with Crippen LogP contribution in [0.2, 0.25) is 0 Å². The highest BCUT2D eigenvalue weighted by molar-refractivity contribution is 5.78. The van der Waals surface area contributed by atoms with E-state index in [0.717, 1.165) is 6.42 Å². The minimum absolute atomic E-state index is 0.157. The molecule has 2 heteroatoms. The number of amides is 1. The number of rotatable bonds is 3. The van der Waals surface area contributed by atoms with E-state index < -0.39 is 0 Å². The largest absolute Gasteiger partial charge is 0.349 e. The van der Waals surface area contributed by atoms with Crippen LogP contribution in [0.25, 0.3) is 0 Å². The van der Waals surface area contributed by atoms with Crippen LogP contribution in [-0.4, -0.2) is 24.9 Å². The van der Waals surface area contributed by atoms with Gasteiger partial charge < -0.3 is 4.90 Å². The monoisotopic (exact) mass is 199 g/mol. The molecule has 0 heterocycles. The third-order valence-electron chi connectivity index (χ3n) is 2.39. The summed E-state index contributed by atoms with van der Waals surface area (Å²) < 4.78 is 0. The quantitative estimate of drug-likeness (QED) is 0.684. The van der Waals surface area contributed by atoms with Crippen LogP contribution in [0.4, 0.5) is 0 Å². The Morgan fingerprint density at radius 2 is 1.64 bits per heavy atom. The molecule has 0 saturated carbocycles. The Morgan fingerprint density at radius 1 is 1.21 bits per heavy atom. The zero-order chi connectivity index (χ0) is 11.5. The van der Waals surface area contributed by atoms with Crippen molar-refractivity contribution < 1.29 is 4.79 Å². The van der Waals surface area contributed by atoms with Crippen LogP contribution in [0.15, 0.2) is 0 Å². The van der Waals surface area contributed by atoms with Crippen molar-refractivity contribution in [1.29, 1.82) is 0 Å². The molecule has 0 aliphatic rings. The molecule has 84 valence electrons. The first kappa shape index (κ1) is 13.5. The van der Waals surface area contributed by atoms with Crippen molar-refractivity contribution in [2.75, 3.05) is 14.1 Å². The summed E-state index contributed by atoms with van der Waals surface area (Å²) >= 11 is 0. The van der Waals surface area contributed by atoms with E-state index in [9.17, 15) is 4.79 Å². The third kappa shape index (κ3) is 4.64. The zero-order valence-electron chi connectivity index (χ0n) is 10.7. The van der Waals surface area contributed by atoms with Crippen molar-refractivity contribution >= 4 is 5.91 Å². The smallest absolute Gasteiger partial charge is 0.225 e. The molecule has 14 heavy (non-hydrogen) atoms. The second-order valence-corrected chi connectivity index (χ2v) is 5.85. The van der Waals surface area contributed by atoms with Gasteiger partial charge in [0.1, 0.15) is 0 Å². The summed E-state index contributed by atoms with van der Waals surface area (Å²) in [7, 11) is 3.67. The molecule has 0 aliphatic carbocycles. The van der Waals surface area contributed by atoms with E-state index in [-0.39, 0.29) is 17.2 Å². The van der Waals surface area contributed by atoms with Gasteiger partial charge in [0.25, 0.3) is 0 Å². The Bertz CT molecular complexity index is 189. The molecular weight excluding hydrogens is 174 g/mol. The Labute approximate surface area is 88.7 Å². The molecule has 0 aromatic heterocycles. The van der Waals surface area contributed by atoms with E-state index in [2.05, 4.69) is 34.6 Å². The Hall–Kier alpha value is -0.530. The molecule has 2 nitrogen and oxygen atoms in total. The molecular formula is C12H25NO. The predicted molar refractivity (Wildman–Crippen MR) is 61.1 cm³/mol. The summed E-state index contributed by atoms with van der Waals surface area (Å²) in [6.45, 7) is 10.8. The highest BCUT2D eigenvalue weighted by atomic mass is 16.2. The first-order valence-corrected chi connectivity index (χ1v) is 5.36. The van der Waals surface area contributed by atoms with Gasteiger partial charge in [0.05, 0.1) is 0 Å².